The van der Waals surface area contributed by atoms with E-state index in [1.165, 1.54) is 120 Å². The van der Waals surface area contributed by atoms with E-state index in [0.717, 1.165) is 63.1 Å². The van der Waals surface area contributed by atoms with Crippen molar-refractivity contribution in [1.82, 2.24) is 36.8 Å². The largest absolute Gasteiger partial charge is 0.494 e. The zero-order valence-corrected chi connectivity index (χ0v) is 74.7. The van der Waals surface area contributed by atoms with Crippen molar-refractivity contribution in [2.45, 2.75) is 35.5 Å². The van der Waals surface area contributed by atoms with E-state index in [4.69, 9.17) is 45.9 Å². The minimum atomic E-state index is -3.96. The molecule has 11 heterocycles. The van der Waals surface area contributed by atoms with E-state index >= 15 is 0 Å². The number of hydrogen-bond donors (Lipinski definition) is 5. The number of para-hydroxylation sites is 4. The molecule has 18 aromatic rings. The molecule has 0 bridgehead atoms. The van der Waals surface area contributed by atoms with Crippen LogP contribution in [0.3, 0.4) is 0 Å². The summed E-state index contributed by atoms with van der Waals surface area (Å²) in [6, 6.07) is 52.6. The van der Waals surface area contributed by atoms with Gasteiger partial charge in [-0.3, -0.25) is 0 Å². The quantitative estimate of drug-likeness (QED) is 0.0321. The van der Waals surface area contributed by atoms with Crippen LogP contribution >= 0.6 is 68.2 Å². The molecule has 0 fully saturated rings. The van der Waals surface area contributed by atoms with Gasteiger partial charge in [0.05, 0.1) is 53.5 Å². The van der Waals surface area contributed by atoms with Gasteiger partial charge in [0.25, 0.3) is 30.1 Å². The third kappa shape index (κ3) is 19.4. The van der Waals surface area contributed by atoms with Crippen molar-refractivity contribution < 1.29 is 81.9 Å². The number of pyridine rings is 4. The summed E-state index contributed by atoms with van der Waals surface area (Å²) >= 11 is 12.8. The van der Waals surface area contributed by atoms with E-state index in [1.807, 2.05) is 67.4 Å². The molecule has 636 valence electrons. The standard InChI is InChI=1S/C25H19FN2O3S2.C21H17FN2O3S.C18H13FN2OS.C14H10ClIN2O2S.C7H8BFO3.C4H5BO2S/c1-16-6-8-18(9-7-16)33(29,30)28-14-21(20-4-3-5-22(26)24(20)31-2)23-19(10-12-27-25(23)28)17-11-13-32-15-17;1-14-8-10-15(11-9-14)28(25,26)24-13-18(17-6-4-12-23-21(17)24)16-5-3-7-19(22)20(16)27-2;1-22-17-13(3-2-4-15(17)19)14-9-21-18-16(14)12(5-7-20-18)11-6-8-23-10-11;1-9-2-4-10(5-3-9)21(19,20)18-8-12(16)13-11(15)6-7-17-14(13)18;1-12-7-5(8(10)11)3-2-4-6(7)9;6-5(7)4-1-2-8-3-4/h3-15H,1-2H3;3-13H,1-2H3;2-10H,1H3,(H,20,21);2-8H,1H3;2-4,10-11H,1H3;1-3,6-7H. The number of aromatic amines is 1. The molecule has 0 aliphatic rings. The number of fused-ring (bicyclic) bond motifs is 4. The zero-order chi connectivity index (χ0) is 89.2. The van der Waals surface area contributed by atoms with Gasteiger partial charge in [0, 0.05) is 108 Å². The van der Waals surface area contributed by atoms with Gasteiger partial charge in [-0.05, 0) is 206 Å². The Morgan fingerprint density at radius 2 is 0.808 bits per heavy atom. The molecule has 0 radical (unpaired) electrons. The van der Waals surface area contributed by atoms with Gasteiger partial charge in [-0.2, -0.15) is 34.0 Å². The normalized spacial score (nSPS) is 11.3. The Labute approximate surface area is 747 Å². The summed E-state index contributed by atoms with van der Waals surface area (Å²) in [6.07, 6.45) is 12.7. The number of nitrogens with one attached hydrogen (secondary N) is 1. The van der Waals surface area contributed by atoms with E-state index in [9.17, 15) is 42.8 Å². The molecule has 0 atom stereocenters. The molecular weight excluding hydrogens is 1860 g/mol. The van der Waals surface area contributed by atoms with Gasteiger partial charge in [-0.1, -0.05) is 119 Å². The first-order valence-electron chi connectivity index (χ1n) is 37.3. The first kappa shape index (κ1) is 90.9. The highest BCUT2D eigenvalue weighted by Gasteiger charge is 2.30. The number of rotatable bonds is 17. The van der Waals surface area contributed by atoms with Crippen molar-refractivity contribution >= 4 is 168 Å². The second-order valence-electron chi connectivity index (χ2n) is 27.3. The van der Waals surface area contributed by atoms with Crippen molar-refractivity contribution in [2.24, 2.45) is 0 Å². The second-order valence-corrected chi connectivity index (χ2v) is 36.6. The van der Waals surface area contributed by atoms with Crippen LogP contribution in [0.15, 0.2) is 291 Å². The van der Waals surface area contributed by atoms with Crippen LogP contribution in [0.1, 0.15) is 16.7 Å². The number of thiophene rings is 3. The Morgan fingerprint density at radius 3 is 1.26 bits per heavy atom. The van der Waals surface area contributed by atoms with Gasteiger partial charge < -0.3 is 44.0 Å². The van der Waals surface area contributed by atoms with Crippen LogP contribution in [0.25, 0.3) is 99.8 Å². The summed E-state index contributed by atoms with van der Waals surface area (Å²) in [4.78, 5) is 21.0. The maximum absolute atomic E-state index is 14.6. The topological polar surface area (TPSA) is 302 Å². The van der Waals surface area contributed by atoms with Crippen molar-refractivity contribution in [1.29, 1.82) is 0 Å². The van der Waals surface area contributed by atoms with E-state index < -0.39 is 61.8 Å². The number of H-pyrrole nitrogens is 1. The highest BCUT2D eigenvalue weighted by molar-refractivity contribution is 14.1. The molecule has 0 aliphatic carbocycles. The van der Waals surface area contributed by atoms with Crippen LogP contribution in [0.2, 0.25) is 5.02 Å². The molecule has 11 aromatic heterocycles. The fraction of sp³-hybridized carbons (Fsp3) is 0.0787. The maximum Gasteiger partial charge on any atom is 0.492 e. The lowest BCUT2D eigenvalue weighted by Crippen LogP contribution is -2.31. The summed E-state index contributed by atoms with van der Waals surface area (Å²) in [5.74, 6) is -1.82. The predicted octanol–water partition coefficient (Wildman–Crippen LogP) is 18.4. The van der Waals surface area contributed by atoms with E-state index in [-0.39, 0.29) is 60.3 Å². The SMILES string of the molecule is COc1c(F)cccc1-c1c[nH]c2nccc(-c3ccsc3)c12.COc1c(F)cccc1-c1cn(S(=O)(=O)c2ccc(C)cc2)c2nccc(-c3ccsc3)c12.COc1c(F)cccc1-c1cn(S(=O)(=O)c2ccc(C)cc2)c2ncccc12.COc1c(F)cccc1B(O)O.Cc1ccc(S(=O)(=O)n2cc(I)c3c(Cl)ccnc32)cc1.OB(O)c1ccsc1. The molecule has 36 heteroatoms. The van der Waals surface area contributed by atoms with Crippen molar-refractivity contribution in [2.75, 3.05) is 28.4 Å². The number of halogens is 6. The number of nitrogens with zero attached hydrogens (tertiary/aromatic N) is 7. The maximum atomic E-state index is 14.6. The van der Waals surface area contributed by atoms with E-state index in [2.05, 4.69) is 63.7 Å². The first-order chi connectivity index (χ1) is 60.0. The molecule has 5 N–H and O–H groups in total. The average molecular weight is 1930 g/mol. The lowest BCUT2D eigenvalue weighted by atomic mass is 9.79. The van der Waals surface area contributed by atoms with Crippen molar-refractivity contribution in [3.05, 3.63) is 325 Å². The summed E-state index contributed by atoms with van der Waals surface area (Å²) in [5.41, 5.74) is 12.6. The van der Waals surface area contributed by atoms with Gasteiger partial charge in [-0.25, -0.2) is 74.7 Å². The number of benzene rings is 7. The average Bonchev–Trinajstić information content (AvgIpc) is 1.43. The monoisotopic (exact) mass is 1930 g/mol. The fourth-order valence-electron chi connectivity index (χ4n) is 13.4. The summed E-state index contributed by atoms with van der Waals surface area (Å²) in [7, 11) is -9.03. The molecule has 0 amide bonds. The van der Waals surface area contributed by atoms with Crippen LogP contribution in [0.5, 0.6) is 23.0 Å². The minimum absolute atomic E-state index is 0.0255. The molecule has 0 saturated heterocycles. The number of ether oxygens (including phenoxy) is 4. The molecule has 18 rings (SSSR count). The van der Waals surface area contributed by atoms with Gasteiger partial charge in [0.2, 0.25) is 0 Å². The van der Waals surface area contributed by atoms with Crippen LogP contribution in [-0.2, 0) is 30.1 Å². The van der Waals surface area contributed by atoms with Crippen LogP contribution in [-0.4, -0.2) is 125 Å². The Morgan fingerprint density at radius 1 is 0.400 bits per heavy atom. The van der Waals surface area contributed by atoms with Crippen LogP contribution in [0.4, 0.5) is 17.6 Å². The zero-order valence-electron chi connectivity index (χ0n) is 66.9. The van der Waals surface area contributed by atoms with Gasteiger partial charge in [-0.15, -0.1) is 0 Å². The second kappa shape index (κ2) is 39.6. The number of aryl methyl sites for hydroxylation is 3. The first-order valence-corrected chi connectivity index (χ1v) is 45.9. The Kier molecular flexibility index (Phi) is 28.8. The highest BCUT2D eigenvalue weighted by atomic mass is 127. The summed E-state index contributed by atoms with van der Waals surface area (Å²) in [6.45, 7) is 5.69. The van der Waals surface area contributed by atoms with Gasteiger partial charge >= 0.3 is 14.2 Å². The lowest BCUT2D eigenvalue weighted by Gasteiger charge is -2.10. The summed E-state index contributed by atoms with van der Waals surface area (Å²) < 4.78 is 160. The molecule has 22 nitrogen and oxygen atoms in total. The molecule has 0 spiro atoms. The third-order valence-electron chi connectivity index (χ3n) is 19.4. The Balaban J connectivity index is 0.000000134. The molecule has 7 aromatic carbocycles. The lowest BCUT2D eigenvalue weighted by molar-refractivity contribution is 0.382. The highest BCUT2D eigenvalue weighted by Crippen LogP contribution is 2.45. The minimum Gasteiger partial charge on any atom is -0.494 e. The molecule has 0 unspecified atom stereocenters. The Hall–Kier alpha value is -11.8. The van der Waals surface area contributed by atoms with Crippen LogP contribution < -0.4 is 29.9 Å². The molecule has 125 heavy (non-hydrogen) atoms. The molecule has 0 saturated carbocycles. The van der Waals surface area contributed by atoms with Crippen LogP contribution in [0, 0.1) is 47.6 Å². The van der Waals surface area contributed by atoms with Crippen molar-refractivity contribution in [3.63, 3.8) is 0 Å². The van der Waals surface area contributed by atoms with E-state index in [0.29, 0.717) is 60.1 Å². The predicted molar refractivity (Wildman–Crippen MR) is 494 cm³/mol. The van der Waals surface area contributed by atoms with E-state index in [1.54, 1.807) is 168 Å². The molecule has 0 aliphatic heterocycles. The third-order valence-corrected chi connectivity index (χ3v) is 27.6. The van der Waals surface area contributed by atoms with Crippen molar-refractivity contribution in [3.8, 4) is 78.6 Å². The smallest absolute Gasteiger partial charge is 0.492 e. The van der Waals surface area contributed by atoms with Gasteiger partial charge in [0.1, 0.15) is 5.65 Å². The molecular formula is C89H72B2ClF4IN8O14S6. The number of aromatic nitrogens is 8. The Bertz CT molecular complexity index is 7240. The number of hydrogen-bond acceptors (Lipinski definition) is 21. The number of methoxy groups -OCH3 is 4. The van der Waals surface area contributed by atoms with Gasteiger partial charge in [0.15, 0.2) is 63.2 Å². The fourth-order valence-corrected chi connectivity index (χ4v) is 20.7. The summed E-state index contributed by atoms with van der Waals surface area (Å²) in [5, 5.41) is 49.3.